The third kappa shape index (κ3) is 1.75. The minimum absolute atomic E-state index is 0.234. The summed E-state index contributed by atoms with van der Waals surface area (Å²) in [5, 5.41) is 0. The molecule has 0 spiro atoms. The molecular formula is C12H17NO. The van der Waals surface area contributed by atoms with Crippen molar-refractivity contribution in [3.8, 4) is 5.75 Å². The Labute approximate surface area is 85.1 Å². The van der Waals surface area contributed by atoms with Gasteiger partial charge in [-0.1, -0.05) is 6.07 Å². The normalized spacial score (nSPS) is 19.9. The van der Waals surface area contributed by atoms with Gasteiger partial charge in [-0.3, -0.25) is 0 Å². The van der Waals surface area contributed by atoms with E-state index in [0.717, 1.165) is 18.6 Å². The molecule has 1 aromatic carbocycles. The minimum Gasteiger partial charge on any atom is -0.491 e. The lowest BCUT2D eigenvalue weighted by atomic mass is 10.1. The fourth-order valence-corrected chi connectivity index (χ4v) is 1.97. The molecule has 0 saturated carbocycles. The van der Waals surface area contributed by atoms with Crippen molar-refractivity contribution in [1.29, 1.82) is 0 Å². The van der Waals surface area contributed by atoms with Crippen LogP contribution >= 0.6 is 0 Å². The van der Waals surface area contributed by atoms with E-state index in [1.54, 1.807) is 0 Å². The maximum Gasteiger partial charge on any atom is 0.119 e. The molecule has 0 bridgehead atoms. The molecule has 0 fully saturated rings. The minimum atomic E-state index is 0.234. The van der Waals surface area contributed by atoms with Crippen LogP contribution < -0.4 is 10.5 Å². The van der Waals surface area contributed by atoms with Gasteiger partial charge in [-0.05, 0) is 49.9 Å². The summed E-state index contributed by atoms with van der Waals surface area (Å²) in [7, 11) is 0. The zero-order valence-corrected chi connectivity index (χ0v) is 8.79. The van der Waals surface area contributed by atoms with Crippen LogP contribution in [0.1, 0.15) is 37.4 Å². The summed E-state index contributed by atoms with van der Waals surface area (Å²) in [4.78, 5) is 0. The fraction of sp³-hybridized carbons (Fsp3) is 0.500. The van der Waals surface area contributed by atoms with Crippen LogP contribution in [0.3, 0.4) is 0 Å². The SMILES string of the molecule is CC(C)Oc1ccc2c(c1)CC[C@@H]2N. The van der Waals surface area contributed by atoms with Gasteiger partial charge in [0.2, 0.25) is 0 Å². The smallest absolute Gasteiger partial charge is 0.119 e. The van der Waals surface area contributed by atoms with Crippen LogP contribution in [0.2, 0.25) is 0 Å². The molecule has 1 aliphatic rings. The van der Waals surface area contributed by atoms with Crippen molar-refractivity contribution in [3.63, 3.8) is 0 Å². The maximum atomic E-state index is 5.96. The molecule has 2 heteroatoms. The van der Waals surface area contributed by atoms with Crippen LogP contribution in [0.15, 0.2) is 18.2 Å². The monoisotopic (exact) mass is 191 g/mol. The van der Waals surface area contributed by atoms with E-state index in [4.69, 9.17) is 10.5 Å². The lowest BCUT2D eigenvalue weighted by Gasteiger charge is -2.11. The number of hydrogen-bond donors (Lipinski definition) is 1. The first-order valence-corrected chi connectivity index (χ1v) is 5.22. The molecule has 1 atom stereocenters. The quantitative estimate of drug-likeness (QED) is 0.779. The zero-order valence-electron chi connectivity index (χ0n) is 8.79. The molecule has 76 valence electrons. The number of aryl methyl sites for hydroxylation is 1. The predicted octanol–water partition coefficient (Wildman–Crippen LogP) is 2.42. The number of nitrogens with two attached hydrogens (primary N) is 1. The largest absolute Gasteiger partial charge is 0.491 e. The summed E-state index contributed by atoms with van der Waals surface area (Å²) >= 11 is 0. The first-order valence-electron chi connectivity index (χ1n) is 5.22. The molecular weight excluding hydrogens is 174 g/mol. The van der Waals surface area contributed by atoms with E-state index in [9.17, 15) is 0 Å². The molecule has 0 aliphatic heterocycles. The fourth-order valence-electron chi connectivity index (χ4n) is 1.97. The highest BCUT2D eigenvalue weighted by molar-refractivity contribution is 5.40. The van der Waals surface area contributed by atoms with Crippen LogP contribution in [-0.4, -0.2) is 6.10 Å². The van der Waals surface area contributed by atoms with Gasteiger partial charge < -0.3 is 10.5 Å². The molecule has 1 aromatic rings. The van der Waals surface area contributed by atoms with Crippen molar-refractivity contribution in [2.24, 2.45) is 5.73 Å². The third-order valence-electron chi connectivity index (χ3n) is 2.61. The van der Waals surface area contributed by atoms with Crippen LogP contribution in [0.25, 0.3) is 0 Å². The molecule has 0 amide bonds. The summed E-state index contributed by atoms with van der Waals surface area (Å²) in [5.74, 6) is 0.966. The maximum absolute atomic E-state index is 5.96. The van der Waals surface area contributed by atoms with Crippen molar-refractivity contribution in [1.82, 2.24) is 0 Å². The van der Waals surface area contributed by atoms with Crippen LogP contribution in [0.5, 0.6) is 5.75 Å². The molecule has 2 nitrogen and oxygen atoms in total. The topological polar surface area (TPSA) is 35.2 Å². The third-order valence-corrected chi connectivity index (χ3v) is 2.61. The van der Waals surface area contributed by atoms with Gasteiger partial charge >= 0.3 is 0 Å². The van der Waals surface area contributed by atoms with Crippen LogP contribution in [0.4, 0.5) is 0 Å². The van der Waals surface area contributed by atoms with Crippen molar-refractivity contribution in [2.45, 2.75) is 38.8 Å². The van der Waals surface area contributed by atoms with E-state index >= 15 is 0 Å². The molecule has 1 aliphatic carbocycles. The Hall–Kier alpha value is -1.02. The van der Waals surface area contributed by atoms with Gasteiger partial charge in [0.15, 0.2) is 0 Å². The lowest BCUT2D eigenvalue weighted by molar-refractivity contribution is 0.242. The molecule has 2 N–H and O–H groups in total. The Bertz CT molecular complexity index is 333. The first kappa shape index (κ1) is 9.53. The average molecular weight is 191 g/mol. The van der Waals surface area contributed by atoms with Gasteiger partial charge in [-0.25, -0.2) is 0 Å². The van der Waals surface area contributed by atoms with E-state index in [1.165, 1.54) is 11.1 Å². The summed E-state index contributed by atoms with van der Waals surface area (Å²) < 4.78 is 5.63. The summed E-state index contributed by atoms with van der Waals surface area (Å²) in [6.45, 7) is 4.08. The molecule has 14 heavy (non-hydrogen) atoms. The Morgan fingerprint density at radius 1 is 1.43 bits per heavy atom. The zero-order chi connectivity index (χ0) is 10.1. The predicted molar refractivity (Wildman–Crippen MR) is 57.5 cm³/mol. The van der Waals surface area contributed by atoms with Crippen molar-refractivity contribution in [3.05, 3.63) is 29.3 Å². The molecule has 0 aromatic heterocycles. The van der Waals surface area contributed by atoms with Gasteiger partial charge in [0, 0.05) is 6.04 Å². The summed E-state index contributed by atoms with van der Waals surface area (Å²) in [5.41, 5.74) is 8.61. The number of hydrogen-bond acceptors (Lipinski definition) is 2. The molecule has 0 heterocycles. The van der Waals surface area contributed by atoms with E-state index in [1.807, 2.05) is 19.9 Å². The highest BCUT2D eigenvalue weighted by atomic mass is 16.5. The Morgan fingerprint density at radius 2 is 2.21 bits per heavy atom. The van der Waals surface area contributed by atoms with Gasteiger partial charge in [-0.15, -0.1) is 0 Å². The van der Waals surface area contributed by atoms with E-state index < -0.39 is 0 Å². The molecule has 0 unspecified atom stereocenters. The highest BCUT2D eigenvalue weighted by Gasteiger charge is 2.19. The van der Waals surface area contributed by atoms with Gasteiger partial charge in [0.25, 0.3) is 0 Å². The second-order valence-corrected chi connectivity index (χ2v) is 4.17. The molecule has 0 radical (unpaired) electrons. The van der Waals surface area contributed by atoms with Crippen LogP contribution in [0, 0.1) is 0 Å². The van der Waals surface area contributed by atoms with E-state index in [0.29, 0.717) is 0 Å². The summed E-state index contributed by atoms with van der Waals surface area (Å²) in [6.07, 6.45) is 2.40. The second-order valence-electron chi connectivity index (χ2n) is 4.17. The number of ether oxygens (including phenoxy) is 1. The van der Waals surface area contributed by atoms with Gasteiger partial charge in [0.05, 0.1) is 6.10 Å². The molecule has 0 saturated heterocycles. The number of rotatable bonds is 2. The second kappa shape index (κ2) is 3.62. The standard InChI is InChI=1S/C12H17NO/c1-8(2)14-10-4-5-11-9(7-10)3-6-12(11)13/h4-5,7-8,12H,3,6,13H2,1-2H3/t12-/m0/s1. The number of fused-ring (bicyclic) bond motifs is 1. The Balaban J connectivity index is 2.24. The number of benzene rings is 1. The Kier molecular flexibility index (Phi) is 2.46. The lowest BCUT2D eigenvalue weighted by Crippen LogP contribution is -2.07. The van der Waals surface area contributed by atoms with Crippen molar-refractivity contribution >= 4 is 0 Å². The highest BCUT2D eigenvalue weighted by Crippen LogP contribution is 2.31. The molecule has 2 rings (SSSR count). The van der Waals surface area contributed by atoms with Gasteiger partial charge in [0.1, 0.15) is 5.75 Å². The van der Waals surface area contributed by atoms with Crippen molar-refractivity contribution in [2.75, 3.05) is 0 Å². The van der Waals surface area contributed by atoms with Crippen molar-refractivity contribution < 1.29 is 4.74 Å². The first-order chi connectivity index (χ1) is 6.66. The van der Waals surface area contributed by atoms with Gasteiger partial charge in [-0.2, -0.15) is 0 Å². The Morgan fingerprint density at radius 3 is 2.93 bits per heavy atom. The van der Waals surface area contributed by atoms with E-state index in [-0.39, 0.29) is 12.1 Å². The average Bonchev–Trinajstić information content (AvgIpc) is 2.46. The van der Waals surface area contributed by atoms with Crippen LogP contribution in [-0.2, 0) is 6.42 Å². The summed E-state index contributed by atoms with van der Waals surface area (Å²) in [6, 6.07) is 6.48. The van der Waals surface area contributed by atoms with E-state index in [2.05, 4.69) is 12.1 Å².